The third-order valence-electron chi connectivity index (χ3n) is 3.10. The Kier molecular flexibility index (Phi) is 3.69. The SMILES string of the molecule is Cc1noc(Cl)c1CCC(=O)N1CC[C@@H](N)C1. The molecule has 2 rings (SSSR count). The van der Waals surface area contributed by atoms with E-state index in [9.17, 15) is 4.79 Å². The van der Waals surface area contributed by atoms with Gasteiger partial charge in [0.25, 0.3) is 0 Å². The van der Waals surface area contributed by atoms with Gasteiger partial charge in [-0.05, 0) is 31.4 Å². The molecule has 1 saturated heterocycles. The van der Waals surface area contributed by atoms with Crippen LogP contribution in [0.2, 0.25) is 5.22 Å². The maximum Gasteiger partial charge on any atom is 0.229 e. The Morgan fingerprint density at radius 3 is 3.00 bits per heavy atom. The molecule has 2 N–H and O–H groups in total. The quantitative estimate of drug-likeness (QED) is 0.881. The molecule has 0 aliphatic carbocycles. The Bertz CT molecular complexity index is 399. The molecule has 0 spiro atoms. The van der Waals surface area contributed by atoms with Crippen molar-refractivity contribution >= 4 is 17.5 Å². The Morgan fingerprint density at radius 1 is 1.71 bits per heavy atom. The molecule has 17 heavy (non-hydrogen) atoms. The number of aryl methyl sites for hydroxylation is 1. The van der Waals surface area contributed by atoms with E-state index in [-0.39, 0.29) is 17.2 Å². The van der Waals surface area contributed by atoms with Crippen molar-refractivity contribution in [2.24, 2.45) is 5.73 Å². The van der Waals surface area contributed by atoms with Crippen LogP contribution in [0.25, 0.3) is 0 Å². The minimum Gasteiger partial charge on any atom is -0.344 e. The topological polar surface area (TPSA) is 72.4 Å². The molecule has 5 nitrogen and oxygen atoms in total. The number of carbonyl (C=O) groups is 1. The molecule has 2 heterocycles. The summed E-state index contributed by atoms with van der Waals surface area (Å²) in [6, 6.07) is 0.125. The second-order valence-corrected chi connectivity index (χ2v) is 4.75. The molecule has 1 amide bonds. The summed E-state index contributed by atoms with van der Waals surface area (Å²) in [4.78, 5) is 13.7. The van der Waals surface area contributed by atoms with E-state index >= 15 is 0 Å². The molecule has 1 aliphatic heterocycles. The predicted molar refractivity (Wildman–Crippen MR) is 63.7 cm³/mol. The maximum atomic E-state index is 11.9. The van der Waals surface area contributed by atoms with Crippen LogP contribution in [0.15, 0.2) is 4.52 Å². The summed E-state index contributed by atoms with van der Waals surface area (Å²) in [5.74, 6) is 0.120. The van der Waals surface area contributed by atoms with Gasteiger partial charge >= 0.3 is 0 Å². The first-order valence-corrected chi connectivity index (χ1v) is 6.09. The fraction of sp³-hybridized carbons (Fsp3) is 0.636. The minimum absolute atomic E-state index is 0.120. The first-order valence-electron chi connectivity index (χ1n) is 5.72. The lowest BCUT2D eigenvalue weighted by Gasteiger charge is -2.15. The Morgan fingerprint density at radius 2 is 2.47 bits per heavy atom. The number of hydrogen-bond donors (Lipinski definition) is 1. The van der Waals surface area contributed by atoms with Crippen LogP contribution in [0, 0.1) is 6.92 Å². The first kappa shape index (κ1) is 12.4. The van der Waals surface area contributed by atoms with E-state index in [1.54, 1.807) is 4.90 Å². The average Bonchev–Trinajstić information content (AvgIpc) is 2.84. The number of nitrogens with zero attached hydrogens (tertiary/aromatic N) is 2. The molecule has 1 atom stereocenters. The molecule has 0 unspecified atom stereocenters. The molecule has 0 aromatic carbocycles. The van der Waals surface area contributed by atoms with Crippen molar-refractivity contribution in [1.29, 1.82) is 0 Å². The van der Waals surface area contributed by atoms with Crippen molar-refractivity contribution in [2.75, 3.05) is 13.1 Å². The highest BCUT2D eigenvalue weighted by atomic mass is 35.5. The van der Waals surface area contributed by atoms with Crippen LogP contribution < -0.4 is 5.73 Å². The number of amides is 1. The molecule has 6 heteroatoms. The van der Waals surface area contributed by atoms with Crippen LogP contribution in [-0.4, -0.2) is 35.1 Å². The molecule has 1 aliphatic rings. The maximum absolute atomic E-state index is 11.9. The number of hydrogen-bond acceptors (Lipinski definition) is 4. The van der Waals surface area contributed by atoms with Crippen molar-refractivity contribution in [3.63, 3.8) is 0 Å². The number of halogens is 1. The lowest BCUT2D eigenvalue weighted by atomic mass is 10.1. The first-order chi connectivity index (χ1) is 8.08. The molecule has 1 fully saturated rings. The molecule has 1 aromatic rings. The fourth-order valence-electron chi connectivity index (χ4n) is 2.04. The molecule has 94 valence electrons. The molecule has 0 bridgehead atoms. The second kappa shape index (κ2) is 5.06. The van der Waals surface area contributed by atoms with Crippen molar-refractivity contribution < 1.29 is 9.32 Å². The summed E-state index contributed by atoms with van der Waals surface area (Å²) in [5, 5.41) is 4.04. The van der Waals surface area contributed by atoms with E-state index in [1.807, 2.05) is 6.92 Å². The molecule has 1 aromatic heterocycles. The highest BCUT2D eigenvalue weighted by Crippen LogP contribution is 2.21. The van der Waals surface area contributed by atoms with Gasteiger partial charge in [0.2, 0.25) is 11.1 Å². The van der Waals surface area contributed by atoms with E-state index in [2.05, 4.69) is 5.16 Å². The number of likely N-dealkylation sites (tertiary alicyclic amines) is 1. The van der Waals surface area contributed by atoms with Crippen LogP contribution in [0.4, 0.5) is 0 Å². The van der Waals surface area contributed by atoms with Gasteiger partial charge in [0, 0.05) is 31.1 Å². The van der Waals surface area contributed by atoms with Crippen LogP contribution in [0.5, 0.6) is 0 Å². The monoisotopic (exact) mass is 257 g/mol. The molecular weight excluding hydrogens is 242 g/mol. The van der Waals surface area contributed by atoms with Gasteiger partial charge < -0.3 is 15.2 Å². The van der Waals surface area contributed by atoms with Gasteiger partial charge in [0.05, 0.1) is 5.69 Å². The minimum atomic E-state index is 0.120. The largest absolute Gasteiger partial charge is 0.344 e. The highest BCUT2D eigenvalue weighted by molar-refractivity contribution is 6.29. The number of rotatable bonds is 3. The zero-order valence-corrected chi connectivity index (χ0v) is 10.5. The zero-order valence-electron chi connectivity index (χ0n) is 9.78. The summed E-state index contributed by atoms with van der Waals surface area (Å²) in [5.41, 5.74) is 7.34. The van der Waals surface area contributed by atoms with Crippen molar-refractivity contribution in [3.8, 4) is 0 Å². The Balaban J connectivity index is 1.88. The van der Waals surface area contributed by atoms with Crippen molar-refractivity contribution in [2.45, 2.75) is 32.2 Å². The van der Waals surface area contributed by atoms with Gasteiger partial charge in [0.15, 0.2) is 0 Å². The predicted octanol–water partition coefficient (Wildman–Crippen LogP) is 1.13. The molecular formula is C11H16ClN3O2. The second-order valence-electron chi connectivity index (χ2n) is 4.41. The van der Waals surface area contributed by atoms with Gasteiger partial charge in [-0.1, -0.05) is 5.16 Å². The summed E-state index contributed by atoms with van der Waals surface area (Å²) in [6.07, 6.45) is 1.88. The Hall–Kier alpha value is -1.07. The lowest BCUT2D eigenvalue weighted by molar-refractivity contribution is -0.130. The normalized spacial score (nSPS) is 19.9. The van der Waals surface area contributed by atoms with Gasteiger partial charge in [-0.3, -0.25) is 4.79 Å². The highest BCUT2D eigenvalue weighted by Gasteiger charge is 2.23. The standard InChI is InChI=1S/C11H16ClN3O2/c1-7-9(11(12)17-14-7)2-3-10(16)15-5-4-8(13)6-15/h8H,2-6,13H2,1H3/t8-/m1/s1. The fourth-order valence-corrected chi connectivity index (χ4v) is 2.31. The van der Waals surface area contributed by atoms with E-state index in [0.717, 1.165) is 24.2 Å². The number of nitrogens with two attached hydrogens (primary N) is 1. The molecule has 0 radical (unpaired) electrons. The lowest BCUT2D eigenvalue weighted by Crippen LogP contribution is -2.32. The third-order valence-corrected chi connectivity index (χ3v) is 3.40. The van der Waals surface area contributed by atoms with Crippen LogP contribution in [0.1, 0.15) is 24.1 Å². The van der Waals surface area contributed by atoms with Crippen LogP contribution in [-0.2, 0) is 11.2 Å². The van der Waals surface area contributed by atoms with Gasteiger partial charge in [-0.25, -0.2) is 0 Å². The number of carbonyl (C=O) groups excluding carboxylic acids is 1. The van der Waals surface area contributed by atoms with E-state index in [0.29, 0.717) is 19.4 Å². The van der Waals surface area contributed by atoms with Crippen LogP contribution in [0.3, 0.4) is 0 Å². The summed E-state index contributed by atoms with van der Waals surface area (Å²) >= 11 is 5.84. The summed E-state index contributed by atoms with van der Waals surface area (Å²) in [6.45, 7) is 3.24. The number of aromatic nitrogens is 1. The summed E-state index contributed by atoms with van der Waals surface area (Å²) < 4.78 is 4.84. The van der Waals surface area contributed by atoms with Crippen molar-refractivity contribution in [1.82, 2.24) is 10.1 Å². The third kappa shape index (κ3) is 2.79. The summed E-state index contributed by atoms with van der Waals surface area (Å²) in [7, 11) is 0. The molecule has 0 saturated carbocycles. The van der Waals surface area contributed by atoms with E-state index in [4.69, 9.17) is 21.9 Å². The van der Waals surface area contributed by atoms with Gasteiger partial charge in [0.1, 0.15) is 0 Å². The van der Waals surface area contributed by atoms with E-state index in [1.165, 1.54) is 0 Å². The van der Waals surface area contributed by atoms with E-state index < -0.39 is 0 Å². The van der Waals surface area contributed by atoms with Crippen LogP contribution >= 0.6 is 11.6 Å². The Labute approximate surface area is 105 Å². The van der Waals surface area contributed by atoms with Gasteiger partial charge in [-0.15, -0.1) is 0 Å². The van der Waals surface area contributed by atoms with Gasteiger partial charge in [-0.2, -0.15) is 0 Å². The van der Waals surface area contributed by atoms with Crippen molar-refractivity contribution in [3.05, 3.63) is 16.5 Å². The zero-order chi connectivity index (χ0) is 12.4. The smallest absolute Gasteiger partial charge is 0.229 e. The average molecular weight is 258 g/mol.